The number of aryl methyl sites for hydroxylation is 2. The quantitative estimate of drug-likeness (QED) is 0.219. The third kappa shape index (κ3) is 3.35. The van der Waals surface area contributed by atoms with E-state index in [4.69, 9.17) is 4.42 Å². The Labute approximate surface area is 228 Å². The minimum atomic E-state index is -0.496. The lowest BCUT2D eigenvalue weighted by molar-refractivity contribution is -0.661. The minimum absolute atomic E-state index is 0.00373. The Balaban J connectivity index is 1.63. The first-order chi connectivity index (χ1) is 18.5. The van der Waals surface area contributed by atoms with Gasteiger partial charge in [0.05, 0.1) is 5.56 Å². The summed E-state index contributed by atoms with van der Waals surface area (Å²) in [6, 6.07) is 17.5. The molecule has 0 atom stereocenters. The number of fused-ring (bicyclic) bond motifs is 6. The van der Waals surface area contributed by atoms with Gasteiger partial charge in [-0.2, -0.15) is 0 Å². The van der Waals surface area contributed by atoms with Crippen LogP contribution < -0.4 is 4.57 Å². The van der Waals surface area contributed by atoms with Crippen molar-refractivity contribution in [3.8, 4) is 11.3 Å². The van der Waals surface area contributed by atoms with Crippen LogP contribution in [0, 0.1) is 6.92 Å². The standard InChI is InChI=1S/C36H40NO/c1-22-15-17-27-26-18-16-24-13-9-10-14-25(24)33(26)38-34(27)29(22)32-31-30(35(2,3)19-20-36(31,4)5)28(21-37(32)6)23-11-7-8-12-23/h9-10,13-18,21,23H,7-8,11-12,19-20H2,1-6H3/q+1/i23D. The highest BCUT2D eigenvalue weighted by Gasteiger charge is 2.46. The van der Waals surface area contributed by atoms with Crippen LogP contribution >= 0.6 is 0 Å². The van der Waals surface area contributed by atoms with E-state index in [1.54, 1.807) is 0 Å². The van der Waals surface area contributed by atoms with E-state index < -0.39 is 5.89 Å². The highest BCUT2D eigenvalue weighted by Crippen LogP contribution is 2.53. The van der Waals surface area contributed by atoms with Crippen LogP contribution in [-0.2, 0) is 17.9 Å². The van der Waals surface area contributed by atoms with E-state index in [9.17, 15) is 1.37 Å². The smallest absolute Gasteiger partial charge is 0.220 e. The van der Waals surface area contributed by atoms with Gasteiger partial charge in [0, 0.05) is 28.7 Å². The zero-order valence-corrected chi connectivity index (χ0v) is 23.8. The summed E-state index contributed by atoms with van der Waals surface area (Å²) in [5.41, 5.74) is 9.79. The molecule has 2 aliphatic rings. The lowest BCUT2D eigenvalue weighted by Crippen LogP contribution is -2.43. The van der Waals surface area contributed by atoms with Gasteiger partial charge in [-0.15, -0.1) is 0 Å². The molecule has 194 valence electrons. The second kappa shape index (κ2) is 8.18. The highest BCUT2D eigenvalue weighted by atomic mass is 16.3. The molecular weight excluding hydrogens is 462 g/mol. The van der Waals surface area contributed by atoms with Crippen LogP contribution in [0.15, 0.2) is 59.1 Å². The molecule has 2 heterocycles. The van der Waals surface area contributed by atoms with Crippen LogP contribution in [-0.4, -0.2) is 0 Å². The molecule has 1 saturated carbocycles. The van der Waals surface area contributed by atoms with E-state index in [2.05, 4.69) is 101 Å². The number of benzene rings is 3. The second-order valence-electron chi connectivity index (χ2n) is 13.2. The van der Waals surface area contributed by atoms with Crippen molar-refractivity contribution >= 4 is 32.7 Å². The summed E-state index contributed by atoms with van der Waals surface area (Å²) in [5.74, 6) is -0.496. The summed E-state index contributed by atoms with van der Waals surface area (Å²) in [4.78, 5) is 0. The first-order valence-electron chi connectivity index (χ1n) is 14.9. The van der Waals surface area contributed by atoms with E-state index in [0.717, 1.165) is 55.1 Å². The van der Waals surface area contributed by atoms with Crippen molar-refractivity contribution in [1.29, 1.82) is 0 Å². The molecule has 5 aromatic rings. The predicted molar refractivity (Wildman–Crippen MR) is 159 cm³/mol. The Hall–Kier alpha value is -3.13. The van der Waals surface area contributed by atoms with Crippen LogP contribution in [0.2, 0.25) is 0 Å². The molecule has 3 aromatic carbocycles. The van der Waals surface area contributed by atoms with Crippen molar-refractivity contribution in [3.63, 3.8) is 0 Å². The lowest BCUT2D eigenvalue weighted by atomic mass is 9.60. The van der Waals surface area contributed by atoms with Crippen LogP contribution in [0.4, 0.5) is 0 Å². The molecule has 0 bridgehead atoms. The molecule has 38 heavy (non-hydrogen) atoms. The van der Waals surface area contributed by atoms with Gasteiger partial charge >= 0.3 is 0 Å². The van der Waals surface area contributed by atoms with Crippen molar-refractivity contribution in [1.82, 2.24) is 0 Å². The van der Waals surface area contributed by atoms with Gasteiger partial charge in [0.1, 0.15) is 18.2 Å². The fourth-order valence-corrected chi connectivity index (χ4v) is 7.59. The Bertz CT molecular complexity index is 1800. The number of furan rings is 1. The van der Waals surface area contributed by atoms with E-state index in [1.807, 2.05) is 0 Å². The average Bonchev–Trinajstić information content (AvgIpc) is 3.51. The highest BCUT2D eigenvalue weighted by molar-refractivity contribution is 6.17. The van der Waals surface area contributed by atoms with Crippen molar-refractivity contribution < 1.29 is 10.4 Å². The fourth-order valence-electron chi connectivity index (χ4n) is 7.59. The van der Waals surface area contributed by atoms with Gasteiger partial charge in [-0.05, 0) is 71.9 Å². The monoisotopic (exact) mass is 503 g/mol. The van der Waals surface area contributed by atoms with E-state index in [1.165, 1.54) is 49.7 Å². The SMILES string of the molecule is [2H]C1(c2c[n+](C)c(-c3c(C)ccc4c3oc3c5ccccc5ccc43)c3c2C(C)(C)CCC3(C)C)CCCC1. The van der Waals surface area contributed by atoms with Crippen molar-refractivity contribution in [2.45, 2.75) is 89.9 Å². The molecule has 0 spiro atoms. The zero-order chi connectivity index (χ0) is 27.3. The van der Waals surface area contributed by atoms with Gasteiger partial charge in [-0.1, -0.05) is 83.0 Å². The molecule has 2 aromatic heterocycles. The summed E-state index contributed by atoms with van der Waals surface area (Å²) < 4.78 is 18.9. The fraction of sp³-hybridized carbons (Fsp3) is 0.417. The summed E-state index contributed by atoms with van der Waals surface area (Å²) in [7, 11) is 2.20. The molecule has 2 aliphatic carbocycles. The van der Waals surface area contributed by atoms with Crippen molar-refractivity contribution in [2.75, 3.05) is 0 Å². The molecule has 7 rings (SSSR count). The van der Waals surface area contributed by atoms with Crippen LogP contribution in [0.1, 0.15) is 95.7 Å². The minimum Gasteiger partial charge on any atom is -0.454 e. The maximum Gasteiger partial charge on any atom is 0.220 e. The third-order valence-electron chi connectivity index (χ3n) is 9.72. The molecular formula is C36H40NO+. The topological polar surface area (TPSA) is 17.0 Å². The number of nitrogens with zero attached hydrogens (tertiary/aromatic N) is 1. The molecule has 0 aliphatic heterocycles. The van der Waals surface area contributed by atoms with Crippen molar-refractivity contribution in [2.24, 2.45) is 7.05 Å². The summed E-state index contributed by atoms with van der Waals surface area (Å²) >= 11 is 0. The summed E-state index contributed by atoms with van der Waals surface area (Å²) in [5, 5.41) is 4.72. The number of pyridine rings is 1. The maximum absolute atomic E-state index is 9.63. The van der Waals surface area contributed by atoms with Gasteiger partial charge in [-0.25, -0.2) is 4.57 Å². The summed E-state index contributed by atoms with van der Waals surface area (Å²) in [6.07, 6.45) is 8.82. The Morgan fingerprint density at radius 1 is 0.816 bits per heavy atom. The first kappa shape index (κ1) is 22.8. The Morgan fingerprint density at radius 3 is 2.24 bits per heavy atom. The normalized spacial score (nSPS) is 20.2. The van der Waals surface area contributed by atoms with Gasteiger partial charge < -0.3 is 4.42 Å². The Kier molecular flexibility index (Phi) is 4.91. The summed E-state index contributed by atoms with van der Waals surface area (Å²) in [6.45, 7) is 11.9. The largest absolute Gasteiger partial charge is 0.454 e. The number of hydrogen-bond donors (Lipinski definition) is 0. The molecule has 1 fully saturated rings. The van der Waals surface area contributed by atoms with Crippen molar-refractivity contribution in [3.05, 3.63) is 77.0 Å². The maximum atomic E-state index is 9.63. The molecule has 2 heteroatoms. The van der Waals surface area contributed by atoms with Crippen LogP contribution in [0.3, 0.4) is 0 Å². The molecule has 0 amide bonds. The number of aromatic nitrogens is 1. The van der Waals surface area contributed by atoms with Crippen LogP contribution in [0.25, 0.3) is 44.0 Å². The number of rotatable bonds is 2. The van der Waals surface area contributed by atoms with E-state index in [0.29, 0.717) is 0 Å². The Morgan fingerprint density at radius 2 is 1.47 bits per heavy atom. The molecule has 0 saturated heterocycles. The lowest BCUT2D eigenvalue weighted by Gasteiger charge is -2.43. The van der Waals surface area contributed by atoms with Gasteiger partial charge in [0.25, 0.3) is 0 Å². The zero-order valence-electron chi connectivity index (χ0n) is 24.8. The molecule has 0 N–H and O–H groups in total. The first-order valence-corrected chi connectivity index (χ1v) is 14.4. The second-order valence-corrected chi connectivity index (χ2v) is 13.2. The van der Waals surface area contributed by atoms with Gasteiger partial charge in [-0.3, -0.25) is 0 Å². The number of hydrogen-bond acceptors (Lipinski definition) is 1. The molecule has 2 nitrogen and oxygen atoms in total. The van der Waals surface area contributed by atoms with Gasteiger partial charge in [0.15, 0.2) is 6.20 Å². The predicted octanol–water partition coefficient (Wildman–Crippen LogP) is 9.55. The molecule has 0 radical (unpaired) electrons. The van der Waals surface area contributed by atoms with Crippen LogP contribution in [0.5, 0.6) is 0 Å². The van der Waals surface area contributed by atoms with E-state index >= 15 is 0 Å². The van der Waals surface area contributed by atoms with Gasteiger partial charge in [0.2, 0.25) is 5.69 Å². The molecule has 0 unspecified atom stereocenters. The third-order valence-corrected chi connectivity index (χ3v) is 9.72. The van der Waals surface area contributed by atoms with E-state index in [-0.39, 0.29) is 10.8 Å². The average molecular weight is 504 g/mol.